The van der Waals surface area contributed by atoms with Crippen molar-refractivity contribution in [2.45, 2.75) is 51.1 Å². The van der Waals surface area contributed by atoms with E-state index in [1.807, 2.05) is 75.4 Å². The third-order valence-corrected chi connectivity index (χ3v) is 7.45. The minimum Gasteiger partial charge on any atom is -0.350 e. The van der Waals surface area contributed by atoms with Gasteiger partial charge in [-0.05, 0) is 61.7 Å². The number of benzene rings is 3. The summed E-state index contributed by atoms with van der Waals surface area (Å²) in [4.78, 5) is 28.9. The number of hydrogen-bond donors (Lipinski definition) is 1. The van der Waals surface area contributed by atoms with E-state index < -0.39 is 11.6 Å². The summed E-state index contributed by atoms with van der Waals surface area (Å²) in [7, 11) is 0. The van der Waals surface area contributed by atoms with E-state index in [1.54, 1.807) is 23.1 Å². The van der Waals surface area contributed by atoms with Crippen LogP contribution in [0.3, 0.4) is 0 Å². The second-order valence-corrected chi connectivity index (χ2v) is 12.1. The van der Waals surface area contributed by atoms with E-state index in [-0.39, 0.29) is 24.1 Å². The van der Waals surface area contributed by atoms with E-state index in [9.17, 15) is 9.59 Å². The summed E-state index contributed by atoms with van der Waals surface area (Å²) >= 11 is 19.9. The molecule has 1 N–H and O–H groups in total. The summed E-state index contributed by atoms with van der Waals surface area (Å²) in [5.41, 5.74) is 2.36. The molecule has 3 aromatic rings. The van der Waals surface area contributed by atoms with E-state index in [2.05, 4.69) is 5.32 Å². The summed E-state index contributed by atoms with van der Waals surface area (Å²) in [6.45, 7) is 6.06. The molecular formula is C29H31Cl3N2O2S. The van der Waals surface area contributed by atoms with Crippen molar-refractivity contribution in [3.8, 4) is 0 Å². The van der Waals surface area contributed by atoms with Crippen molar-refractivity contribution in [2.75, 3.05) is 5.75 Å². The average Bonchev–Trinajstić information content (AvgIpc) is 2.83. The van der Waals surface area contributed by atoms with Crippen molar-refractivity contribution in [1.29, 1.82) is 0 Å². The van der Waals surface area contributed by atoms with Gasteiger partial charge in [0.2, 0.25) is 11.8 Å². The molecule has 196 valence electrons. The number of amides is 2. The van der Waals surface area contributed by atoms with Crippen LogP contribution in [0.2, 0.25) is 15.1 Å². The van der Waals surface area contributed by atoms with Crippen molar-refractivity contribution < 1.29 is 9.59 Å². The molecule has 0 fully saturated rings. The lowest BCUT2D eigenvalue weighted by Gasteiger charge is -2.34. The molecule has 0 heterocycles. The minimum absolute atomic E-state index is 0.130. The Labute approximate surface area is 238 Å². The van der Waals surface area contributed by atoms with Crippen molar-refractivity contribution in [1.82, 2.24) is 10.2 Å². The highest BCUT2D eigenvalue weighted by Gasteiger charge is 2.32. The van der Waals surface area contributed by atoms with E-state index >= 15 is 0 Å². The third-order valence-electron chi connectivity index (χ3n) is 5.49. The summed E-state index contributed by atoms with van der Waals surface area (Å²) in [5, 5.41) is 4.63. The zero-order valence-corrected chi connectivity index (χ0v) is 24.2. The number of rotatable bonds is 10. The maximum atomic E-state index is 13.7. The monoisotopic (exact) mass is 576 g/mol. The number of carbonyl (C=O) groups is 2. The molecule has 3 rings (SSSR count). The van der Waals surface area contributed by atoms with Crippen LogP contribution in [0.15, 0.2) is 72.8 Å². The van der Waals surface area contributed by atoms with Crippen LogP contribution in [-0.2, 0) is 28.3 Å². The second kappa shape index (κ2) is 13.6. The third kappa shape index (κ3) is 9.57. The predicted molar refractivity (Wildman–Crippen MR) is 156 cm³/mol. The van der Waals surface area contributed by atoms with Crippen LogP contribution < -0.4 is 5.32 Å². The van der Waals surface area contributed by atoms with Gasteiger partial charge in [-0.15, -0.1) is 11.8 Å². The molecule has 0 saturated carbocycles. The van der Waals surface area contributed by atoms with Crippen LogP contribution in [-0.4, -0.2) is 34.0 Å². The SMILES string of the molecule is CC(C)(C)NC(=O)[C@@H](Cc1ccccc1)N(Cc1cccc(Cl)c1)C(=O)CSCc1ccc(Cl)c(Cl)c1. The van der Waals surface area contributed by atoms with Crippen molar-refractivity contribution in [2.24, 2.45) is 0 Å². The van der Waals surface area contributed by atoms with Gasteiger partial charge in [0.1, 0.15) is 6.04 Å². The molecule has 3 aromatic carbocycles. The lowest BCUT2D eigenvalue weighted by Crippen LogP contribution is -2.54. The first kappa shape index (κ1) is 29.4. The van der Waals surface area contributed by atoms with E-state index in [0.29, 0.717) is 27.2 Å². The molecule has 0 aliphatic carbocycles. The number of hydrogen-bond acceptors (Lipinski definition) is 3. The maximum Gasteiger partial charge on any atom is 0.243 e. The minimum atomic E-state index is -0.696. The summed E-state index contributed by atoms with van der Waals surface area (Å²) < 4.78 is 0. The van der Waals surface area contributed by atoms with Crippen molar-refractivity contribution in [3.05, 3.63) is 105 Å². The highest BCUT2D eigenvalue weighted by atomic mass is 35.5. The largest absolute Gasteiger partial charge is 0.350 e. The molecule has 4 nitrogen and oxygen atoms in total. The van der Waals surface area contributed by atoms with Crippen LogP contribution >= 0.6 is 46.6 Å². The highest BCUT2D eigenvalue weighted by molar-refractivity contribution is 7.99. The Kier molecular flexibility index (Phi) is 10.8. The molecule has 0 unspecified atom stereocenters. The first-order valence-corrected chi connectivity index (χ1v) is 14.2. The first-order valence-electron chi connectivity index (χ1n) is 11.9. The van der Waals surface area contributed by atoms with Crippen LogP contribution in [0.4, 0.5) is 0 Å². The van der Waals surface area contributed by atoms with Crippen LogP contribution in [0.1, 0.15) is 37.5 Å². The molecule has 0 aliphatic rings. The number of carbonyl (C=O) groups excluding carboxylic acids is 2. The van der Waals surface area contributed by atoms with Gasteiger partial charge in [0.25, 0.3) is 0 Å². The molecule has 1 atom stereocenters. The second-order valence-electron chi connectivity index (χ2n) is 9.84. The van der Waals surface area contributed by atoms with Gasteiger partial charge in [-0.3, -0.25) is 9.59 Å². The Morgan fingerprint density at radius 3 is 2.22 bits per heavy atom. The van der Waals surface area contributed by atoms with Gasteiger partial charge in [0, 0.05) is 29.3 Å². The summed E-state index contributed by atoms with van der Waals surface area (Å²) in [5.74, 6) is 0.469. The predicted octanol–water partition coefficient (Wildman–Crippen LogP) is 7.43. The Bertz CT molecular complexity index is 1220. The Hall–Kier alpha value is -2.18. The molecule has 37 heavy (non-hydrogen) atoms. The fraction of sp³-hybridized carbons (Fsp3) is 0.310. The zero-order chi connectivity index (χ0) is 27.0. The Balaban J connectivity index is 1.87. The smallest absolute Gasteiger partial charge is 0.243 e. The Morgan fingerprint density at radius 1 is 0.865 bits per heavy atom. The molecule has 0 radical (unpaired) electrons. The van der Waals surface area contributed by atoms with Crippen molar-refractivity contribution in [3.63, 3.8) is 0 Å². The summed E-state index contributed by atoms with van der Waals surface area (Å²) in [6, 6.07) is 21.9. The molecule has 2 amide bonds. The van der Waals surface area contributed by atoms with Gasteiger partial charge in [-0.25, -0.2) is 0 Å². The van der Waals surface area contributed by atoms with Gasteiger partial charge in [0.05, 0.1) is 15.8 Å². The van der Waals surface area contributed by atoms with Gasteiger partial charge >= 0.3 is 0 Å². The number of halogens is 3. The fourth-order valence-electron chi connectivity index (χ4n) is 3.81. The molecule has 0 spiro atoms. The maximum absolute atomic E-state index is 13.7. The molecule has 0 aliphatic heterocycles. The zero-order valence-electron chi connectivity index (χ0n) is 21.1. The van der Waals surface area contributed by atoms with Crippen LogP contribution in [0.25, 0.3) is 0 Å². The van der Waals surface area contributed by atoms with Crippen molar-refractivity contribution >= 4 is 58.4 Å². The van der Waals surface area contributed by atoms with E-state index in [0.717, 1.165) is 16.7 Å². The standard InChI is InChI=1S/C29H31Cl3N2O2S/c1-29(2,3)33-28(36)26(16-20-8-5-4-6-9-20)34(17-21-10-7-11-23(30)14-21)27(35)19-37-18-22-12-13-24(31)25(32)15-22/h4-15,26H,16-19H2,1-3H3,(H,33,36)/t26-/m1/s1. The fourth-order valence-corrected chi connectivity index (χ4v) is 5.20. The highest BCUT2D eigenvalue weighted by Crippen LogP contribution is 2.25. The lowest BCUT2D eigenvalue weighted by molar-refractivity contribution is -0.140. The number of nitrogens with zero attached hydrogens (tertiary/aromatic N) is 1. The molecule has 0 saturated heterocycles. The molecule has 0 bridgehead atoms. The number of thioether (sulfide) groups is 1. The quantitative estimate of drug-likeness (QED) is 0.272. The van der Waals surface area contributed by atoms with E-state index in [4.69, 9.17) is 34.8 Å². The normalized spacial score (nSPS) is 12.2. The average molecular weight is 578 g/mol. The molecular weight excluding hydrogens is 547 g/mol. The van der Waals surface area contributed by atoms with Gasteiger partial charge in [-0.2, -0.15) is 0 Å². The lowest BCUT2D eigenvalue weighted by atomic mass is 10.0. The molecule has 8 heteroatoms. The molecule has 0 aromatic heterocycles. The van der Waals surface area contributed by atoms with Gasteiger partial charge in [0.15, 0.2) is 0 Å². The summed E-state index contributed by atoms with van der Waals surface area (Å²) in [6.07, 6.45) is 0.395. The topological polar surface area (TPSA) is 49.4 Å². The number of nitrogens with one attached hydrogen (secondary N) is 1. The van der Waals surface area contributed by atoms with Crippen LogP contribution in [0, 0.1) is 0 Å². The van der Waals surface area contributed by atoms with E-state index in [1.165, 1.54) is 11.8 Å². The van der Waals surface area contributed by atoms with Crippen LogP contribution in [0.5, 0.6) is 0 Å². The van der Waals surface area contributed by atoms with Gasteiger partial charge < -0.3 is 10.2 Å². The van der Waals surface area contributed by atoms with Gasteiger partial charge in [-0.1, -0.05) is 83.3 Å². The first-order chi connectivity index (χ1) is 17.5. The Morgan fingerprint density at radius 2 is 1.57 bits per heavy atom.